The van der Waals surface area contributed by atoms with Gasteiger partial charge in [-0.15, -0.1) is 0 Å². The average molecular weight is 173 g/mol. The quantitative estimate of drug-likeness (QED) is 0.249. The Morgan fingerprint density at radius 3 is 2.25 bits per heavy atom. The molecule has 0 atom stereocenters. The van der Waals surface area contributed by atoms with Crippen molar-refractivity contribution in [2.75, 3.05) is 0 Å². The van der Waals surface area contributed by atoms with Crippen LogP contribution >= 0.6 is 0 Å². The van der Waals surface area contributed by atoms with Crippen LogP contribution in [-0.4, -0.2) is 28.5 Å². The zero-order valence-corrected chi connectivity index (χ0v) is 8.50. The molecule has 0 radical (unpaired) electrons. The van der Waals surface area contributed by atoms with Crippen molar-refractivity contribution < 1.29 is 14.3 Å². The summed E-state index contributed by atoms with van der Waals surface area (Å²) in [6, 6.07) is 0. The van der Waals surface area contributed by atoms with Crippen LogP contribution in [0.2, 0.25) is 0 Å². The van der Waals surface area contributed by atoms with Crippen molar-refractivity contribution >= 4 is 28.5 Å². The van der Waals surface area contributed by atoms with Gasteiger partial charge in [-0.05, 0) is 0 Å². The number of hydrogen-bond donors (Lipinski definition) is 0. The number of rotatable bonds is 0. The van der Waals surface area contributed by atoms with Gasteiger partial charge in [0.15, 0.2) is 0 Å². The Hall–Kier alpha value is -0.577. The van der Waals surface area contributed by atoms with Crippen molar-refractivity contribution in [2.24, 2.45) is 0 Å². The minimum absolute atomic E-state index is 0.260. The van der Waals surface area contributed by atoms with Crippen molar-refractivity contribution in [3.05, 3.63) is 10.5 Å². The van der Waals surface area contributed by atoms with E-state index in [4.69, 9.17) is 0 Å². The van der Waals surface area contributed by atoms with Crippen LogP contribution in [0.1, 0.15) is 0 Å². The van der Waals surface area contributed by atoms with E-state index in [-0.39, 0.29) is 16.5 Å². The average Bonchev–Trinajstić information content (AvgIpc) is 1.85. The Morgan fingerprint density at radius 2 is 2.12 bits per heavy atom. The molecule has 0 saturated heterocycles. The monoisotopic (exact) mass is 174 g/mol. The predicted octanol–water partition coefficient (Wildman–Crippen LogP) is -1.68. The van der Waals surface area contributed by atoms with Crippen LogP contribution in [0.5, 0.6) is 0 Å². The maximum absolute atomic E-state index is 10.3. The fourth-order valence-electron chi connectivity index (χ4n) is 0.437. The summed E-state index contributed by atoms with van der Waals surface area (Å²) in [6.07, 6.45) is 1.25. The maximum atomic E-state index is 10.3. The molecule has 3 nitrogen and oxygen atoms in total. The summed E-state index contributed by atoms with van der Waals surface area (Å²) in [4.78, 5) is 20.5. The Labute approximate surface area is 53.9 Å². The summed E-state index contributed by atoms with van der Waals surface area (Å²) in [6.45, 7) is 0. The molecule has 0 unspecified atom stereocenters. The number of hydrogen-bond acceptors (Lipinski definition) is 3. The molecule has 0 saturated carbocycles. The summed E-state index contributed by atoms with van der Waals surface area (Å²) in [5.74, 6) is -0.965. The molecule has 1 aliphatic rings. The normalized spacial score (nSPS) is 18.8. The summed E-state index contributed by atoms with van der Waals surface area (Å²) in [5.41, 5.74) is 0. The van der Waals surface area contributed by atoms with E-state index in [1.54, 1.807) is 0 Å². The van der Waals surface area contributed by atoms with Gasteiger partial charge in [-0.25, -0.2) is 0 Å². The number of carbonyl (C=O) groups is 2. The van der Waals surface area contributed by atoms with Gasteiger partial charge in [-0.3, -0.25) is 0 Å². The van der Waals surface area contributed by atoms with Crippen LogP contribution in [0.3, 0.4) is 0 Å². The third-order valence-corrected chi connectivity index (χ3v) is 2.31. The van der Waals surface area contributed by atoms with E-state index in [0.717, 1.165) is 0 Å². The van der Waals surface area contributed by atoms with E-state index >= 15 is 0 Å². The molecular weight excluding hydrogens is 169 g/mol. The van der Waals surface area contributed by atoms with E-state index < -0.39 is 11.9 Å². The first kappa shape index (κ1) is 5.56. The second-order valence-corrected chi connectivity index (χ2v) is 3.80. The molecule has 0 aromatic heterocycles. The standard InChI is InChI=1S/C4H4GeO3/c5-2-1-3(6)8-4(2)7/h1H,5H3. The Morgan fingerprint density at radius 1 is 1.50 bits per heavy atom. The predicted molar refractivity (Wildman–Crippen MR) is 29.1 cm³/mol. The zero-order chi connectivity index (χ0) is 6.15. The number of esters is 2. The Kier molecular flexibility index (Phi) is 1.21. The van der Waals surface area contributed by atoms with Crippen molar-refractivity contribution in [2.45, 2.75) is 0 Å². The molecule has 1 heterocycles. The van der Waals surface area contributed by atoms with E-state index in [1.165, 1.54) is 6.08 Å². The molecular formula is C4H4GeO3. The second kappa shape index (κ2) is 1.74. The van der Waals surface area contributed by atoms with Gasteiger partial charge in [-0.2, -0.15) is 0 Å². The van der Waals surface area contributed by atoms with Crippen LogP contribution in [0.15, 0.2) is 10.5 Å². The molecule has 0 N–H and O–H groups in total. The molecule has 0 spiro atoms. The van der Waals surface area contributed by atoms with E-state index in [2.05, 4.69) is 4.74 Å². The van der Waals surface area contributed by atoms with Crippen LogP contribution in [0, 0.1) is 0 Å². The van der Waals surface area contributed by atoms with Gasteiger partial charge in [0, 0.05) is 0 Å². The van der Waals surface area contributed by atoms with Gasteiger partial charge in [0.05, 0.1) is 0 Å². The van der Waals surface area contributed by atoms with Crippen LogP contribution in [-0.2, 0) is 14.3 Å². The van der Waals surface area contributed by atoms with Gasteiger partial charge >= 0.3 is 53.3 Å². The number of cyclic esters (lactones) is 2. The summed E-state index contributed by atoms with van der Waals surface area (Å²) in [5, 5.41) is 0. The van der Waals surface area contributed by atoms with E-state index in [1.807, 2.05) is 0 Å². The fraction of sp³-hybridized carbons (Fsp3) is 0. The first-order valence-electron chi connectivity index (χ1n) is 2.14. The summed E-state index contributed by atoms with van der Waals surface area (Å²) in [7, 11) is 0. The van der Waals surface area contributed by atoms with Gasteiger partial charge in [-0.1, -0.05) is 0 Å². The number of ether oxygens (including phenoxy) is 1. The third kappa shape index (κ3) is 0.813. The van der Waals surface area contributed by atoms with E-state index in [9.17, 15) is 9.59 Å². The van der Waals surface area contributed by atoms with Crippen LogP contribution in [0.25, 0.3) is 0 Å². The Bertz CT molecular complexity index is 182. The van der Waals surface area contributed by atoms with Gasteiger partial charge in [0.2, 0.25) is 0 Å². The molecule has 0 amide bonds. The number of carbonyl (C=O) groups excluding carboxylic acids is 2. The first-order chi connectivity index (χ1) is 3.70. The van der Waals surface area contributed by atoms with Crippen molar-refractivity contribution in [1.82, 2.24) is 0 Å². The topological polar surface area (TPSA) is 43.4 Å². The molecule has 1 aliphatic heterocycles. The Balaban J connectivity index is 2.88. The van der Waals surface area contributed by atoms with Gasteiger partial charge < -0.3 is 0 Å². The molecule has 42 valence electrons. The van der Waals surface area contributed by atoms with Gasteiger partial charge in [0.1, 0.15) is 0 Å². The van der Waals surface area contributed by atoms with Crippen molar-refractivity contribution in [1.29, 1.82) is 0 Å². The molecule has 0 bridgehead atoms. The first-order valence-corrected chi connectivity index (χ1v) is 4.24. The van der Waals surface area contributed by atoms with Gasteiger partial charge in [0.25, 0.3) is 0 Å². The molecule has 8 heavy (non-hydrogen) atoms. The summed E-state index contributed by atoms with van der Waals surface area (Å²) >= 11 is 0.260. The molecule has 0 aromatic rings. The molecule has 4 heteroatoms. The van der Waals surface area contributed by atoms with Crippen LogP contribution in [0.4, 0.5) is 0 Å². The molecule has 0 aliphatic carbocycles. The van der Waals surface area contributed by atoms with Crippen molar-refractivity contribution in [3.63, 3.8) is 0 Å². The van der Waals surface area contributed by atoms with Crippen molar-refractivity contribution in [3.8, 4) is 0 Å². The SMILES string of the molecule is O=C1C=[C]([GeH3])C(=O)O1. The van der Waals surface area contributed by atoms with Crippen LogP contribution < -0.4 is 0 Å². The molecule has 0 fully saturated rings. The molecule has 0 aromatic carbocycles. The van der Waals surface area contributed by atoms with E-state index in [0.29, 0.717) is 4.41 Å². The third-order valence-electron chi connectivity index (χ3n) is 0.850. The zero-order valence-electron chi connectivity index (χ0n) is 4.30. The summed E-state index contributed by atoms with van der Waals surface area (Å²) < 4.78 is 4.71. The second-order valence-electron chi connectivity index (χ2n) is 1.54. The fourth-order valence-corrected chi connectivity index (χ4v) is 1.15. The minimum atomic E-state index is -0.516. The molecule has 1 rings (SSSR count).